The summed E-state index contributed by atoms with van der Waals surface area (Å²) in [7, 11) is -3.16. The van der Waals surface area contributed by atoms with Gasteiger partial charge in [0.1, 0.15) is 5.75 Å². The number of hydrogen-bond acceptors (Lipinski definition) is 4. The Morgan fingerprint density at radius 2 is 2.11 bits per heavy atom. The number of esters is 1. The second kappa shape index (κ2) is 5.53. The molecule has 0 saturated heterocycles. The average Bonchev–Trinajstić information content (AvgIpc) is 2.62. The van der Waals surface area contributed by atoms with Crippen molar-refractivity contribution in [2.75, 3.05) is 5.75 Å². The molecule has 0 N–H and O–H groups in total. The highest BCUT2D eigenvalue weighted by Crippen LogP contribution is 2.28. The van der Waals surface area contributed by atoms with Gasteiger partial charge in [-0.1, -0.05) is 29.3 Å². The van der Waals surface area contributed by atoms with Crippen molar-refractivity contribution < 1.29 is 17.9 Å². The van der Waals surface area contributed by atoms with E-state index in [-0.39, 0.29) is 28.9 Å². The van der Waals surface area contributed by atoms with Crippen LogP contribution in [0, 0.1) is 5.92 Å². The van der Waals surface area contributed by atoms with Crippen LogP contribution >= 0.6 is 23.2 Å². The summed E-state index contributed by atoms with van der Waals surface area (Å²) in [5.41, 5.74) is 0. The lowest BCUT2D eigenvalue weighted by molar-refractivity contribution is -0.134. The molecule has 4 nitrogen and oxygen atoms in total. The second-order valence-electron chi connectivity index (χ2n) is 4.17. The van der Waals surface area contributed by atoms with E-state index in [9.17, 15) is 13.2 Å². The molecule has 7 heteroatoms. The molecule has 0 radical (unpaired) electrons. The molecule has 0 saturated carbocycles. The minimum Gasteiger partial charge on any atom is -0.425 e. The Balaban J connectivity index is 1.97. The Morgan fingerprint density at radius 1 is 1.37 bits per heavy atom. The molecular weight excluding hydrogens is 311 g/mol. The summed E-state index contributed by atoms with van der Waals surface area (Å²) in [6.07, 6.45) is 1.49. The SMILES string of the molecule is O=C(CC1C=CS(=O)(=O)C1)Oc1ccc(Cl)cc1Cl. The minimum absolute atomic E-state index is 0.00527. The first-order valence-electron chi connectivity index (χ1n) is 5.42. The molecule has 1 aliphatic rings. The number of rotatable bonds is 3. The maximum atomic E-state index is 11.7. The van der Waals surface area contributed by atoms with Crippen molar-refractivity contribution in [2.45, 2.75) is 6.42 Å². The standard InChI is InChI=1S/C12H10Cl2O4S/c13-9-1-2-11(10(14)6-9)18-12(15)5-8-3-4-19(16,17)7-8/h1-4,6,8H,5,7H2. The van der Waals surface area contributed by atoms with E-state index in [0.29, 0.717) is 5.02 Å². The molecule has 1 aliphatic heterocycles. The Hall–Kier alpha value is -1.04. The zero-order valence-electron chi connectivity index (χ0n) is 9.68. The lowest BCUT2D eigenvalue weighted by atomic mass is 10.1. The number of halogens is 2. The highest BCUT2D eigenvalue weighted by Gasteiger charge is 2.24. The largest absolute Gasteiger partial charge is 0.425 e. The van der Waals surface area contributed by atoms with Crippen LogP contribution in [0.1, 0.15) is 6.42 Å². The average molecular weight is 321 g/mol. The first-order chi connectivity index (χ1) is 8.85. The number of carbonyl (C=O) groups excluding carboxylic acids is 1. The number of allylic oxidation sites excluding steroid dienone is 1. The lowest BCUT2D eigenvalue weighted by Gasteiger charge is -2.08. The van der Waals surface area contributed by atoms with Gasteiger partial charge in [0, 0.05) is 16.3 Å². The van der Waals surface area contributed by atoms with Crippen LogP contribution in [0.2, 0.25) is 10.0 Å². The Kier molecular flexibility index (Phi) is 4.18. The van der Waals surface area contributed by atoms with Gasteiger partial charge in [-0.15, -0.1) is 0 Å². The van der Waals surface area contributed by atoms with Gasteiger partial charge in [0.2, 0.25) is 0 Å². The molecule has 0 aliphatic carbocycles. The van der Waals surface area contributed by atoms with E-state index in [0.717, 1.165) is 5.41 Å². The molecule has 0 fully saturated rings. The molecule has 2 rings (SSSR count). The predicted octanol–water partition coefficient (Wildman–Crippen LogP) is 2.85. The molecule has 1 heterocycles. The van der Waals surface area contributed by atoms with E-state index < -0.39 is 15.8 Å². The van der Waals surface area contributed by atoms with Gasteiger partial charge in [-0.05, 0) is 18.2 Å². The van der Waals surface area contributed by atoms with Crippen LogP contribution in [-0.4, -0.2) is 20.1 Å². The van der Waals surface area contributed by atoms with Crippen molar-refractivity contribution in [3.8, 4) is 5.75 Å². The third-order valence-corrected chi connectivity index (χ3v) is 4.55. The van der Waals surface area contributed by atoms with E-state index in [1.54, 1.807) is 6.07 Å². The molecule has 0 aromatic heterocycles. The van der Waals surface area contributed by atoms with Crippen molar-refractivity contribution in [1.82, 2.24) is 0 Å². The molecule has 0 amide bonds. The highest BCUT2D eigenvalue weighted by atomic mass is 35.5. The first-order valence-corrected chi connectivity index (χ1v) is 7.89. The van der Waals surface area contributed by atoms with Crippen molar-refractivity contribution in [3.05, 3.63) is 39.7 Å². The van der Waals surface area contributed by atoms with Gasteiger partial charge in [-0.3, -0.25) is 4.79 Å². The summed E-state index contributed by atoms with van der Waals surface area (Å²) in [6, 6.07) is 4.51. The van der Waals surface area contributed by atoms with Gasteiger partial charge in [-0.2, -0.15) is 0 Å². The summed E-state index contributed by atoms with van der Waals surface area (Å²) in [5, 5.41) is 1.80. The maximum absolute atomic E-state index is 11.7. The van der Waals surface area contributed by atoms with Crippen LogP contribution in [0.5, 0.6) is 5.75 Å². The van der Waals surface area contributed by atoms with Crippen LogP contribution in [0.4, 0.5) is 0 Å². The summed E-state index contributed by atoms with van der Waals surface area (Å²) in [5.74, 6) is -0.725. The maximum Gasteiger partial charge on any atom is 0.311 e. The Labute approximate surface area is 120 Å². The quantitative estimate of drug-likeness (QED) is 0.634. The van der Waals surface area contributed by atoms with Gasteiger partial charge >= 0.3 is 5.97 Å². The van der Waals surface area contributed by atoms with Crippen LogP contribution in [0.15, 0.2) is 29.7 Å². The Bertz CT molecular complexity index is 637. The van der Waals surface area contributed by atoms with Crippen LogP contribution < -0.4 is 4.74 Å². The van der Waals surface area contributed by atoms with Crippen LogP contribution in [0.3, 0.4) is 0 Å². The normalized spacial score (nSPS) is 20.4. The van der Waals surface area contributed by atoms with E-state index in [4.69, 9.17) is 27.9 Å². The number of benzene rings is 1. The zero-order chi connectivity index (χ0) is 14.0. The van der Waals surface area contributed by atoms with E-state index in [2.05, 4.69) is 0 Å². The third-order valence-electron chi connectivity index (χ3n) is 2.55. The van der Waals surface area contributed by atoms with Crippen LogP contribution in [-0.2, 0) is 14.6 Å². The smallest absolute Gasteiger partial charge is 0.311 e. The Morgan fingerprint density at radius 3 is 2.68 bits per heavy atom. The van der Waals surface area contributed by atoms with Crippen LogP contribution in [0.25, 0.3) is 0 Å². The van der Waals surface area contributed by atoms with E-state index >= 15 is 0 Å². The van der Waals surface area contributed by atoms with Crippen molar-refractivity contribution in [2.24, 2.45) is 5.92 Å². The summed E-state index contributed by atoms with van der Waals surface area (Å²) < 4.78 is 27.5. The number of carbonyl (C=O) groups is 1. The zero-order valence-corrected chi connectivity index (χ0v) is 12.0. The summed E-state index contributed by atoms with van der Waals surface area (Å²) >= 11 is 11.6. The molecule has 1 aromatic rings. The first kappa shape index (κ1) is 14.4. The number of ether oxygens (including phenoxy) is 1. The van der Waals surface area contributed by atoms with Crippen molar-refractivity contribution >= 4 is 39.0 Å². The van der Waals surface area contributed by atoms with E-state index in [1.807, 2.05) is 0 Å². The topological polar surface area (TPSA) is 60.4 Å². The van der Waals surface area contributed by atoms with E-state index in [1.165, 1.54) is 18.2 Å². The molecule has 0 bridgehead atoms. The highest BCUT2D eigenvalue weighted by molar-refractivity contribution is 7.94. The molecular formula is C12H10Cl2O4S. The fraction of sp³-hybridized carbons (Fsp3) is 0.250. The summed E-state index contributed by atoms with van der Waals surface area (Å²) in [6.45, 7) is 0. The van der Waals surface area contributed by atoms with Crippen molar-refractivity contribution in [3.63, 3.8) is 0 Å². The fourth-order valence-corrected chi connectivity index (χ4v) is 3.55. The number of hydrogen-bond donors (Lipinski definition) is 0. The molecule has 1 aromatic carbocycles. The number of sulfone groups is 1. The molecule has 102 valence electrons. The van der Waals surface area contributed by atoms with Gasteiger partial charge in [0.25, 0.3) is 0 Å². The van der Waals surface area contributed by atoms with Gasteiger partial charge in [-0.25, -0.2) is 8.42 Å². The monoisotopic (exact) mass is 320 g/mol. The molecule has 19 heavy (non-hydrogen) atoms. The molecule has 1 unspecified atom stereocenters. The predicted molar refractivity (Wildman–Crippen MR) is 73.1 cm³/mol. The molecule has 0 spiro atoms. The second-order valence-corrected chi connectivity index (χ2v) is 6.95. The van der Waals surface area contributed by atoms with Crippen molar-refractivity contribution in [1.29, 1.82) is 0 Å². The molecule has 1 atom stereocenters. The van der Waals surface area contributed by atoms with Gasteiger partial charge < -0.3 is 4.74 Å². The third kappa shape index (κ3) is 3.96. The van der Waals surface area contributed by atoms with Gasteiger partial charge in [0.05, 0.1) is 17.2 Å². The lowest BCUT2D eigenvalue weighted by Crippen LogP contribution is -2.15. The fourth-order valence-electron chi connectivity index (χ4n) is 1.70. The van der Waals surface area contributed by atoms with Gasteiger partial charge in [0.15, 0.2) is 9.84 Å². The summed E-state index contributed by atoms with van der Waals surface area (Å²) in [4.78, 5) is 11.7. The minimum atomic E-state index is -3.16.